The van der Waals surface area contributed by atoms with Crippen molar-refractivity contribution in [3.05, 3.63) is 35.9 Å². The van der Waals surface area contributed by atoms with Crippen LogP contribution in [-0.2, 0) is 11.3 Å². The zero-order chi connectivity index (χ0) is 17.5. The first-order valence-electron chi connectivity index (χ1n) is 9.10. The first-order chi connectivity index (χ1) is 11.5. The summed E-state index contributed by atoms with van der Waals surface area (Å²) in [4.78, 5) is 15.1. The molecule has 0 heterocycles. The van der Waals surface area contributed by atoms with Gasteiger partial charge in [0.15, 0.2) is 0 Å². The molecule has 0 saturated heterocycles. The van der Waals surface area contributed by atoms with Crippen LogP contribution in [-0.4, -0.2) is 27.9 Å². The SMILES string of the molecule is CC(=O)N(Cc1ccccc1)[C@@H](C(=S)NC1CCCCC1)C(C)C. The van der Waals surface area contributed by atoms with Crippen molar-refractivity contribution < 1.29 is 4.79 Å². The third-order valence-electron chi connectivity index (χ3n) is 4.79. The van der Waals surface area contributed by atoms with Crippen LogP contribution in [0.25, 0.3) is 0 Å². The molecule has 1 atom stereocenters. The monoisotopic (exact) mass is 346 g/mol. The van der Waals surface area contributed by atoms with E-state index in [0.29, 0.717) is 12.6 Å². The molecule has 0 spiro atoms. The summed E-state index contributed by atoms with van der Waals surface area (Å²) in [6.07, 6.45) is 6.24. The van der Waals surface area contributed by atoms with Gasteiger partial charge in [-0.3, -0.25) is 4.79 Å². The molecular weight excluding hydrogens is 316 g/mol. The van der Waals surface area contributed by atoms with E-state index in [9.17, 15) is 4.79 Å². The van der Waals surface area contributed by atoms with E-state index >= 15 is 0 Å². The molecule has 1 N–H and O–H groups in total. The average molecular weight is 347 g/mol. The van der Waals surface area contributed by atoms with Crippen LogP contribution in [0.2, 0.25) is 0 Å². The van der Waals surface area contributed by atoms with E-state index in [1.165, 1.54) is 32.1 Å². The van der Waals surface area contributed by atoms with Crippen LogP contribution in [0.1, 0.15) is 58.4 Å². The summed E-state index contributed by atoms with van der Waals surface area (Å²) in [5, 5.41) is 3.56. The normalized spacial score (nSPS) is 16.7. The number of hydrogen-bond acceptors (Lipinski definition) is 2. The number of rotatable bonds is 6. The lowest BCUT2D eigenvalue weighted by Crippen LogP contribution is -2.52. The molecule has 24 heavy (non-hydrogen) atoms. The lowest BCUT2D eigenvalue weighted by atomic mass is 9.94. The van der Waals surface area contributed by atoms with Gasteiger partial charge in [-0.05, 0) is 24.3 Å². The fraction of sp³-hybridized carbons (Fsp3) is 0.600. The highest BCUT2D eigenvalue weighted by Gasteiger charge is 2.29. The first kappa shape index (κ1) is 18.9. The molecule has 0 aromatic heterocycles. The molecule has 1 saturated carbocycles. The van der Waals surface area contributed by atoms with E-state index in [2.05, 4.69) is 31.3 Å². The summed E-state index contributed by atoms with van der Waals surface area (Å²) in [7, 11) is 0. The van der Waals surface area contributed by atoms with Crippen molar-refractivity contribution in [2.24, 2.45) is 5.92 Å². The molecule has 0 radical (unpaired) electrons. The van der Waals surface area contributed by atoms with Gasteiger partial charge in [-0.2, -0.15) is 0 Å². The average Bonchev–Trinajstić information content (AvgIpc) is 2.55. The standard InChI is InChI=1S/C20H30N2OS/c1-15(2)19(20(24)21-18-12-8-5-9-13-18)22(16(3)23)14-17-10-6-4-7-11-17/h4,6-7,10-11,15,18-19H,5,8-9,12-14H2,1-3H3,(H,21,24)/t19-/m1/s1. The molecule has 0 unspecified atom stereocenters. The van der Waals surface area contributed by atoms with Crippen LogP contribution in [0.3, 0.4) is 0 Å². The lowest BCUT2D eigenvalue weighted by molar-refractivity contribution is -0.131. The summed E-state index contributed by atoms with van der Waals surface area (Å²) in [6, 6.07) is 10.6. The summed E-state index contributed by atoms with van der Waals surface area (Å²) < 4.78 is 0. The minimum atomic E-state index is -0.0559. The maximum absolute atomic E-state index is 12.3. The van der Waals surface area contributed by atoms with Gasteiger partial charge in [0.25, 0.3) is 0 Å². The van der Waals surface area contributed by atoms with Gasteiger partial charge in [0.2, 0.25) is 5.91 Å². The third kappa shape index (κ3) is 5.30. The number of hydrogen-bond donors (Lipinski definition) is 1. The summed E-state index contributed by atoms with van der Waals surface area (Å²) in [5.74, 6) is 0.353. The van der Waals surface area contributed by atoms with Gasteiger partial charge in [-0.15, -0.1) is 0 Å². The molecule has 1 amide bonds. The molecule has 0 bridgehead atoms. The zero-order valence-corrected chi connectivity index (χ0v) is 15.9. The van der Waals surface area contributed by atoms with E-state index in [4.69, 9.17) is 12.2 Å². The van der Waals surface area contributed by atoms with E-state index in [1.54, 1.807) is 6.92 Å². The predicted molar refractivity (Wildman–Crippen MR) is 104 cm³/mol. The molecule has 0 aliphatic heterocycles. The molecule has 132 valence electrons. The topological polar surface area (TPSA) is 32.3 Å². The Morgan fingerprint density at radius 1 is 1.21 bits per heavy atom. The van der Waals surface area contributed by atoms with Crippen molar-refractivity contribution in [1.82, 2.24) is 10.2 Å². The molecule has 2 rings (SSSR count). The maximum atomic E-state index is 12.3. The van der Waals surface area contributed by atoms with E-state index in [1.807, 2.05) is 23.1 Å². The van der Waals surface area contributed by atoms with Crippen LogP contribution in [0.5, 0.6) is 0 Å². The van der Waals surface area contributed by atoms with E-state index in [0.717, 1.165) is 10.6 Å². The molecule has 1 aliphatic carbocycles. The Labute approximate surface area is 151 Å². The fourth-order valence-electron chi connectivity index (χ4n) is 3.52. The van der Waals surface area contributed by atoms with Crippen LogP contribution in [0.15, 0.2) is 30.3 Å². The van der Waals surface area contributed by atoms with Gasteiger partial charge in [-0.1, -0.05) is 75.7 Å². The Kier molecular flexibility index (Phi) is 7.22. The number of amides is 1. The number of nitrogens with one attached hydrogen (secondary N) is 1. The minimum Gasteiger partial charge on any atom is -0.375 e. The minimum absolute atomic E-state index is 0.0559. The highest BCUT2D eigenvalue weighted by Crippen LogP contribution is 2.21. The van der Waals surface area contributed by atoms with Crippen molar-refractivity contribution in [2.45, 2.75) is 71.5 Å². The van der Waals surface area contributed by atoms with Crippen molar-refractivity contribution in [3.63, 3.8) is 0 Å². The summed E-state index contributed by atoms with van der Waals surface area (Å²) >= 11 is 5.74. The number of benzene rings is 1. The molecule has 1 aromatic rings. The molecular formula is C20H30N2OS. The smallest absolute Gasteiger partial charge is 0.220 e. The van der Waals surface area contributed by atoms with Crippen molar-refractivity contribution in [2.75, 3.05) is 0 Å². The van der Waals surface area contributed by atoms with Crippen molar-refractivity contribution in [1.29, 1.82) is 0 Å². The molecule has 3 nitrogen and oxygen atoms in total. The summed E-state index contributed by atoms with van der Waals surface area (Å²) in [6.45, 7) is 6.52. The number of nitrogens with zero attached hydrogens (tertiary/aromatic N) is 1. The van der Waals surface area contributed by atoms with Gasteiger partial charge in [0.05, 0.1) is 11.0 Å². The number of thiocarbonyl (C=S) groups is 1. The largest absolute Gasteiger partial charge is 0.375 e. The predicted octanol–water partition coefficient (Wildman–Crippen LogP) is 4.31. The lowest BCUT2D eigenvalue weighted by Gasteiger charge is -2.36. The van der Waals surface area contributed by atoms with Gasteiger partial charge < -0.3 is 10.2 Å². The second kappa shape index (κ2) is 9.16. The van der Waals surface area contributed by atoms with Crippen LogP contribution in [0.4, 0.5) is 0 Å². The Balaban J connectivity index is 2.12. The van der Waals surface area contributed by atoms with Crippen LogP contribution < -0.4 is 5.32 Å². The Bertz CT molecular complexity index is 538. The Hall–Kier alpha value is -1.42. The quantitative estimate of drug-likeness (QED) is 0.779. The highest BCUT2D eigenvalue weighted by atomic mass is 32.1. The van der Waals surface area contributed by atoms with Gasteiger partial charge in [0, 0.05) is 19.5 Å². The zero-order valence-electron chi connectivity index (χ0n) is 15.1. The molecule has 1 aliphatic rings. The fourth-order valence-corrected chi connectivity index (χ4v) is 4.09. The third-order valence-corrected chi connectivity index (χ3v) is 5.15. The number of carbonyl (C=O) groups excluding carboxylic acids is 1. The first-order valence-corrected chi connectivity index (χ1v) is 9.51. The van der Waals surface area contributed by atoms with Crippen LogP contribution >= 0.6 is 12.2 Å². The number of carbonyl (C=O) groups is 1. The van der Waals surface area contributed by atoms with Crippen LogP contribution in [0, 0.1) is 5.92 Å². The Morgan fingerprint density at radius 3 is 2.38 bits per heavy atom. The van der Waals surface area contributed by atoms with E-state index < -0.39 is 0 Å². The molecule has 4 heteroatoms. The van der Waals surface area contributed by atoms with Crippen molar-refractivity contribution in [3.8, 4) is 0 Å². The molecule has 1 fully saturated rings. The van der Waals surface area contributed by atoms with E-state index in [-0.39, 0.29) is 17.9 Å². The second-order valence-electron chi connectivity index (χ2n) is 7.16. The van der Waals surface area contributed by atoms with Gasteiger partial charge >= 0.3 is 0 Å². The molecule has 1 aromatic carbocycles. The van der Waals surface area contributed by atoms with Gasteiger partial charge in [0.1, 0.15) is 0 Å². The Morgan fingerprint density at radius 2 is 1.83 bits per heavy atom. The van der Waals surface area contributed by atoms with Crippen molar-refractivity contribution >= 4 is 23.1 Å². The highest BCUT2D eigenvalue weighted by molar-refractivity contribution is 7.80. The van der Waals surface area contributed by atoms with Gasteiger partial charge in [-0.25, -0.2) is 0 Å². The maximum Gasteiger partial charge on any atom is 0.220 e. The summed E-state index contributed by atoms with van der Waals surface area (Å²) in [5.41, 5.74) is 1.14. The second-order valence-corrected chi connectivity index (χ2v) is 7.60.